The van der Waals surface area contributed by atoms with Gasteiger partial charge in [-0.15, -0.1) is 10.2 Å². The number of nitrogens with one attached hydrogen (secondary N) is 1. The lowest BCUT2D eigenvalue weighted by atomic mass is 10.1. The molecule has 1 amide bonds. The lowest BCUT2D eigenvalue weighted by Gasteiger charge is -2.25. The fourth-order valence-corrected chi connectivity index (χ4v) is 6.04. The number of benzene rings is 1. The quantitative estimate of drug-likeness (QED) is 0.743. The summed E-state index contributed by atoms with van der Waals surface area (Å²) in [5.74, 6) is 0.472. The topological polar surface area (TPSA) is 97.2 Å². The van der Waals surface area contributed by atoms with Gasteiger partial charge in [-0.2, -0.15) is 4.31 Å². The zero-order valence-electron chi connectivity index (χ0n) is 16.7. The monoisotopic (exact) mass is 423 g/mol. The Morgan fingerprint density at radius 3 is 2.57 bits per heavy atom. The number of aromatic nitrogens is 3. The van der Waals surface area contributed by atoms with Gasteiger partial charge in [0.25, 0.3) is 0 Å². The van der Waals surface area contributed by atoms with Gasteiger partial charge >= 0.3 is 0 Å². The molecule has 1 aromatic heterocycles. The molecule has 1 aliphatic rings. The van der Waals surface area contributed by atoms with E-state index < -0.39 is 10.0 Å². The van der Waals surface area contributed by atoms with Gasteiger partial charge in [0.2, 0.25) is 15.9 Å². The molecule has 1 fully saturated rings. The maximum atomic E-state index is 13.5. The minimum atomic E-state index is -3.72. The first-order valence-electron chi connectivity index (χ1n) is 9.00. The molecule has 0 bridgehead atoms. The molecule has 10 heteroatoms. The molecule has 0 radical (unpaired) electrons. The highest BCUT2D eigenvalue weighted by Crippen LogP contribution is 2.38. The second kappa shape index (κ2) is 7.84. The Kier molecular flexibility index (Phi) is 5.83. The number of carbonyl (C=O) groups is 1. The van der Waals surface area contributed by atoms with E-state index >= 15 is 0 Å². The Morgan fingerprint density at radius 2 is 1.96 bits per heavy atom. The minimum Gasteiger partial charge on any atom is -0.326 e. The summed E-state index contributed by atoms with van der Waals surface area (Å²) in [7, 11) is -1.85. The first kappa shape index (κ1) is 20.8. The van der Waals surface area contributed by atoms with Crippen molar-refractivity contribution in [1.29, 1.82) is 0 Å². The van der Waals surface area contributed by atoms with Crippen LogP contribution in [-0.4, -0.2) is 46.2 Å². The molecular weight excluding hydrogens is 398 g/mol. The number of aryl methyl sites for hydroxylation is 2. The Bertz CT molecular complexity index is 1020. The van der Waals surface area contributed by atoms with Gasteiger partial charge in [0.05, 0.1) is 10.9 Å². The lowest BCUT2D eigenvalue weighted by Crippen LogP contribution is -2.32. The number of rotatable bonds is 5. The van der Waals surface area contributed by atoms with E-state index in [1.807, 2.05) is 17.9 Å². The van der Waals surface area contributed by atoms with Crippen LogP contribution in [0.4, 0.5) is 5.69 Å². The van der Waals surface area contributed by atoms with Crippen LogP contribution in [0.1, 0.15) is 42.8 Å². The van der Waals surface area contributed by atoms with E-state index in [9.17, 15) is 13.2 Å². The molecule has 1 aromatic carbocycles. The van der Waals surface area contributed by atoms with Crippen LogP contribution in [-0.2, 0) is 21.9 Å². The van der Waals surface area contributed by atoms with Crippen molar-refractivity contribution in [3.63, 3.8) is 0 Å². The summed E-state index contributed by atoms with van der Waals surface area (Å²) in [5.41, 5.74) is 1.93. The number of anilines is 1. The number of sulfonamides is 1. The predicted molar refractivity (Wildman–Crippen MR) is 109 cm³/mol. The molecule has 1 aliphatic heterocycles. The van der Waals surface area contributed by atoms with Crippen molar-refractivity contribution in [2.75, 3.05) is 18.1 Å². The maximum Gasteiger partial charge on any atom is 0.244 e. The third-order valence-electron chi connectivity index (χ3n) is 4.97. The molecule has 2 heterocycles. The third kappa shape index (κ3) is 3.68. The van der Waals surface area contributed by atoms with Crippen molar-refractivity contribution < 1.29 is 13.2 Å². The second-order valence-electron chi connectivity index (χ2n) is 6.99. The molecule has 3 rings (SSSR count). The van der Waals surface area contributed by atoms with Gasteiger partial charge < -0.3 is 9.88 Å². The van der Waals surface area contributed by atoms with Gasteiger partial charge in [-0.3, -0.25) is 4.79 Å². The summed E-state index contributed by atoms with van der Waals surface area (Å²) >= 11 is 1.48. The van der Waals surface area contributed by atoms with E-state index in [0.717, 1.165) is 11.6 Å². The van der Waals surface area contributed by atoms with Crippen molar-refractivity contribution in [1.82, 2.24) is 19.1 Å². The number of hydrogen-bond donors (Lipinski definition) is 1. The average Bonchev–Trinajstić information content (AvgIpc) is 3.23. The van der Waals surface area contributed by atoms with E-state index in [2.05, 4.69) is 15.5 Å². The fourth-order valence-electron chi connectivity index (χ4n) is 3.60. The first-order chi connectivity index (χ1) is 13.2. The van der Waals surface area contributed by atoms with Gasteiger partial charge in [0.1, 0.15) is 0 Å². The molecule has 0 aliphatic carbocycles. The number of amides is 1. The van der Waals surface area contributed by atoms with Gasteiger partial charge in [-0.1, -0.05) is 11.8 Å². The molecule has 1 N–H and O–H groups in total. The molecule has 1 atom stereocenters. The number of carbonyl (C=O) groups excluding carboxylic acids is 1. The van der Waals surface area contributed by atoms with Gasteiger partial charge in [-0.05, 0) is 56.2 Å². The number of hydrogen-bond acceptors (Lipinski definition) is 6. The molecule has 28 heavy (non-hydrogen) atoms. The summed E-state index contributed by atoms with van der Waals surface area (Å²) in [6, 6.07) is 3.01. The Labute approximate surface area is 169 Å². The van der Waals surface area contributed by atoms with Crippen LogP contribution >= 0.6 is 11.8 Å². The highest BCUT2D eigenvalue weighted by atomic mass is 32.2. The van der Waals surface area contributed by atoms with Crippen LogP contribution in [0, 0.1) is 13.8 Å². The van der Waals surface area contributed by atoms with E-state index in [1.165, 1.54) is 23.0 Å². The average molecular weight is 424 g/mol. The Morgan fingerprint density at radius 1 is 1.25 bits per heavy atom. The van der Waals surface area contributed by atoms with E-state index in [0.29, 0.717) is 35.6 Å². The standard InChI is InChI=1S/C18H25N5O3S2/c1-11-10-16(12(2)9-14(11)19-13(3)24)28(25,26)23-8-6-7-15(23)17-20-21-18(27-5)22(17)4/h9-10,15H,6-8H2,1-5H3,(H,19,24)/t15-/m0/s1. The summed E-state index contributed by atoms with van der Waals surface area (Å²) in [5, 5.41) is 11.9. The number of nitrogens with zero attached hydrogens (tertiary/aromatic N) is 4. The minimum absolute atomic E-state index is 0.190. The predicted octanol–water partition coefficient (Wildman–Crippen LogP) is 2.64. The maximum absolute atomic E-state index is 13.5. The molecule has 0 unspecified atom stereocenters. The fraction of sp³-hybridized carbons (Fsp3) is 0.500. The Balaban J connectivity index is 2.01. The summed E-state index contributed by atoms with van der Waals surface area (Å²) in [4.78, 5) is 11.6. The highest BCUT2D eigenvalue weighted by Gasteiger charge is 2.39. The lowest BCUT2D eigenvalue weighted by molar-refractivity contribution is -0.114. The largest absolute Gasteiger partial charge is 0.326 e. The Hall–Kier alpha value is -1.91. The molecule has 1 saturated heterocycles. The van der Waals surface area contributed by atoms with Crippen LogP contribution in [0.2, 0.25) is 0 Å². The highest BCUT2D eigenvalue weighted by molar-refractivity contribution is 7.98. The van der Waals surface area contributed by atoms with E-state index in [4.69, 9.17) is 0 Å². The molecule has 2 aromatic rings. The van der Waals surface area contributed by atoms with Crippen molar-refractivity contribution in [2.45, 2.75) is 49.7 Å². The number of thioether (sulfide) groups is 1. The molecule has 8 nitrogen and oxygen atoms in total. The van der Waals surface area contributed by atoms with Gasteiger partial charge in [0.15, 0.2) is 11.0 Å². The van der Waals surface area contributed by atoms with Crippen LogP contribution in [0.15, 0.2) is 22.2 Å². The zero-order valence-corrected chi connectivity index (χ0v) is 18.3. The molecule has 0 spiro atoms. The zero-order chi connectivity index (χ0) is 20.6. The van der Waals surface area contributed by atoms with Crippen molar-refractivity contribution in [3.8, 4) is 0 Å². The van der Waals surface area contributed by atoms with Crippen LogP contribution in [0.3, 0.4) is 0 Å². The smallest absolute Gasteiger partial charge is 0.244 e. The van der Waals surface area contributed by atoms with Crippen molar-refractivity contribution in [2.24, 2.45) is 7.05 Å². The molecule has 0 saturated carbocycles. The summed E-state index contributed by atoms with van der Waals surface area (Å²) < 4.78 is 30.4. The van der Waals surface area contributed by atoms with Crippen LogP contribution < -0.4 is 5.32 Å². The van der Waals surface area contributed by atoms with Gasteiger partial charge in [-0.25, -0.2) is 8.42 Å². The summed E-state index contributed by atoms with van der Waals surface area (Å²) in [6.07, 6.45) is 3.40. The third-order valence-corrected chi connectivity index (χ3v) is 7.74. The first-order valence-corrected chi connectivity index (χ1v) is 11.7. The van der Waals surface area contributed by atoms with Crippen molar-refractivity contribution >= 4 is 33.4 Å². The van der Waals surface area contributed by atoms with Crippen molar-refractivity contribution in [3.05, 3.63) is 29.1 Å². The summed E-state index contributed by atoms with van der Waals surface area (Å²) in [6.45, 7) is 5.41. The van der Waals surface area contributed by atoms with E-state index in [-0.39, 0.29) is 16.8 Å². The van der Waals surface area contributed by atoms with Gasteiger partial charge in [0, 0.05) is 26.2 Å². The normalized spacial score (nSPS) is 17.8. The second-order valence-corrected chi connectivity index (χ2v) is 9.62. The van der Waals surface area contributed by atoms with Crippen LogP contribution in [0.25, 0.3) is 0 Å². The van der Waals surface area contributed by atoms with Crippen LogP contribution in [0.5, 0.6) is 0 Å². The van der Waals surface area contributed by atoms with E-state index in [1.54, 1.807) is 26.0 Å². The SMILES string of the molecule is CSc1nnc([C@@H]2CCCN2S(=O)(=O)c2cc(C)c(NC(C)=O)cc2C)n1C. The molecular formula is C18H25N5O3S2. The molecule has 152 valence electrons.